The lowest BCUT2D eigenvalue weighted by molar-refractivity contribution is -0.116. The van der Waals surface area contributed by atoms with Crippen LogP contribution in [0, 0.1) is 6.92 Å². The maximum Gasteiger partial charge on any atom is 0.337 e. The Hall–Kier alpha value is -3.49. The van der Waals surface area contributed by atoms with Crippen LogP contribution in [0.25, 0.3) is 5.69 Å². The molecule has 0 saturated carbocycles. The Kier molecular flexibility index (Phi) is 5.65. The van der Waals surface area contributed by atoms with Crippen LogP contribution in [0.4, 0.5) is 5.82 Å². The Morgan fingerprint density at radius 1 is 1.11 bits per heavy atom. The summed E-state index contributed by atoms with van der Waals surface area (Å²) in [5.41, 5.74) is 4.99. The van der Waals surface area contributed by atoms with Gasteiger partial charge in [0.25, 0.3) is 0 Å². The standard InChI is InChI=1S/C28H22BrN3O3S/c1-15-24-25(16-8-10-18(29)11-9-16)26-20(13-17(14-22(26)33)23-7-4-12-36-23)30-27(24)32(31-15)21-6-3-2-5-19(21)28(34)35/h2-12,17,25,30H,13-14H2,1H3,(H,34,35)/t17-,25-/m0/s1. The van der Waals surface area contributed by atoms with Gasteiger partial charge < -0.3 is 10.4 Å². The molecular weight excluding hydrogens is 538 g/mol. The molecule has 2 atom stereocenters. The summed E-state index contributed by atoms with van der Waals surface area (Å²) in [6.07, 6.45) is 1.18. The lowest BCUT2D eigenvalue weighted by Gasteiger charge is -2.35. The van der Waals surface area contributed by atoms with Gasteiger partial charge in [-0.05, 0) is 54.6 Å². The molecule has 2 aromatic carbocycles. The number of halogens is 1. The van der Waals surface area contributed by atoms with Crippen LogP contribution in [0.3, 0.4) is 0 Å². The minimum absolute atomic E-state index is 0.111. The number of carbonyl (C=O) groups excluding carboxylic acids is 1. The predicted molar refractivity (Wildman–Crippen MR) is 143 cm³/mol. The number of aromatic carboxylic acids is 1. The third-order valence-electron chi connectivity index (χ3n) is 6.97. The zero-order valence-corrected chi connectivity index (χ0v) is 21.8. The molecule has 0 saturated heterocycles. The average molecular weight is 560 g/mol. The fraction of sp³-hybridized carbons (Fsp3) is 0.179. The van der Waals surface area contributed by atoms with Gasteiger partial charge in [-0.15, -0.1) is 11.3 Å². The number of aryl methyl sites for hydroxylation is 1. The number of ketones is 1. The van der Waals surface area contributed by atoms with Gasteiger partial charge in [0.2, 0.25) is 0 Å². The summed E-state index contributed by atoms with van der Waals surface area (Å²) in [5.74, 6) is -0.337. The van der Waals surface area contributed by atoms with Crippen LogP contribution in [0.5, 0.6) is 0 Å². The summed E-state index contributed by atoms with van der Waals surface area (Å²) >= 11 is 5.19. The summed E-state index contributed by atoms with van der Waals surface area (Å²) in [6.45, 7) is 1.92. The molecule has 6 rings (SSSR count). The third-order valence-corrected chi connectivity index (χ3v) is 8.54. The van der Waals surface area contributed by atoms with Crippen LogP contribution < -0.4 is 5.32 Å². The van der Waals surface area contributed by atoms with Crippen molar-refractivity contribution in [3.63, 3.8) is 0 Å². The molecule has 36 heavy (non-hydrogen) atoms. The van der Waals surface area contributed by atoms with Gasteiger partial charge in [0.1, 0.15) is 5.82 Å². The van der Waals surface area contributed by atoms with Crippen molar-refractivity contribution in [2.45, 2.75) is 31.6 Å². The number of Topliss-reactive ketones (excluding diaryl/α,β-unsaturated/α-hetero) is 1. The molecule has 3 heterocycles. The molecule has 4 aromatic rings. The highest BCUT2D eigenvalue weighted by molar-refractivity contribution is 9.10. The first kappa shape index (κ1) is 22.9. The van der Waals surface area contributed by atoms with E-state index in [1.165, 1.54) is 4.88 Å². The van der Waals surface area contributed by atoms with E-state index in [9.17, 15) is 14.7 Å². The molecule has 2 aromatic heterocycles. The van der Waals surface area contributed by atoms with E-state index in [4.69, 9.17) is 5.10 Å². The number of carboxylic acid groups (broad SMARTS) is 1. The van der Waals surface area contributed by atoms with Crippen molar-refractivity contribution in [1.29, 1.82) is 0 Å². The molecule has 6 nitrogen and oxygen atoms in total. The van der Waals surface area contributed by atoms with Crippen LogP contribution in [-0.4, -0.2) is 26.6 Å². The molecular formula is C28H22BrN3O3S. The minimum atomic E-state index is -1.02. The van der Waals surface area contributed by atoms with Gasteiger partial charge in [0.15, 0.2) is 5.78 Å². The van der Waals surface area contributed by atoms with E-state index >= 15 is 0 Å². The molecule has 0 fully saturated rings. The van der Waals surface area contributed by atoms with E-state index in [2.05, 4.69) is 27.3 Å². The van der Waals surface area contributed by atoms with Crippen molar-refractivity contribution in [3.8, 4) is 5.69 Å². The third kappa shape index (κ3) is 3.72. The molecule has 0 spiro atoms. The number of hydrogen-bond acceptors (Lipinski definition) is 5. The highest BCUT2D eigenvalue weighted by atomic mass is 79.9. The van der Waals surface area contributed by atoms with Crippen LogP contribution in [0.2, 0.25) is 0 Å². The molecule has 8 heteroatoms. The van der Waals surface area contributed by atoms with Crippen molar-refractivity contribution in [3.05, 3.63) is 109 Å². The molecule has 0 bridgehead atoms. The van der Waals surface area contributed by atoms with E-state index in [1.807, 2.05) is 48.7 Å². The SMILES string of the molecule is Cc1nn(-c2ccccc2C(=O)O)c2c1[C@H](c1ccc(Br)cc1)C1=C(C[C@H](c3cccs3)CC1=O)N2. The lowest BCUT2D eigenvalue weighted by atomic mass is 9.73. The van der Waals surface area contributed by atoms with Crippen molar-refractivity contribution in [1.82, 2.24) is 9.78 Å². The van der Waals surface area contributed by atoms with Crippen LogP contribution in [-0.2, 0) is 4.79 Å². The molecule has 0 amide bonds. The van der Waals surface area contributed by atoms with E-state index in [0.717, 1.165) is 32.6 Å². The Balaban J connectivity index is 1.56. The maximum absolute atomic E-state index is 13.7. The van der Waals surface area contributed by atoms with Crippen LogP contribution >= 0.6 is 27.3 Å². The Morgan fingerprint density at radius 2 is 1.89 bits per heavy atom. The molecule has 2 N–H and O–H groups in total. The number of carboxylic acids is 1. The van der Waals surface area contributed by atoms with Crippen molar-refractivity contribution in [2.75, 3.05) is 5.32 Å². The van der Waals surface area contributed by atoms with Crippen molar-refractivity contribution >= 4 is 44.8 Å². The second-order valence-corrected chi connectivity index (χ2v) is 11.0. The number of aromatic nitrogens is 2. The largest absolute Gasteiger partial charge is 0.478 e. The molecule has 0 unspecified atom stereocenters. The van der Waals surface area contributed by atoms with Crippen molar-refractivity contribution < 1.29 is 14.7 Å². The number of allylic oxidation sites excluding steroid dienone is 2. The second-order valence-electron chi connectivity index (χ2n) is 9.13. The van der Waals surface area contributed by atoms with Crippen molar-refractivity contribution in [2.24, 2.45) is 0 Å². The number of nitrogens with zero attached hydrogens (tertiary/aromatic N) is 2. The van der Waals surface area contributed by atoms with E-state index in [0.29, 0.717) is 24.3 Å². The average Bonchev–Trinajstić information content (AvgIpc) is 3.52. The molecule has 1 aliphatic heterocycles. The zero-order valence-electron chi connectivity index (χ0n) is 19.4. The van der Waals surface area contributed by atoms with E-state index in [-0.39, 0.29) is 23.2 Å². The predicted octanol–water partition coefficient (Wildman–Crippen LogP) is 6.66. The summed E-state index contributed by atoms with van der Waals surface area (Å²) in [5, 5.41) is 20.2. The molecule has 2 aliphatic rings. The normalized spacial score (nSPS) is 19.0. The topological polar surface area (TPSA) is 84.2 Å². The van der Waals surface area contributed by atoms with E-state index in [1.54, 1.807) is 34.2 Å². The summed E-state index contributed by atoms with van der Waals surface area (Å²) in [6, 6.07) is 19.0. The Morgan fingerprint density at radius 3 is 2.61 bits per heavy atom. The summed E-state index contributed by atoms with van der Waals surface area (Å²) in [7, 11) is 0. The van der Waals surface area contributed by atoms with Gasteiger partial charge in [-0.3, -0.25) is 4.79 Å². The fourth-order valence-electron chi connectivity index (χ4n) is 5.40. The monoisotopic (exact) mass is 559 g/mol. The first-order chi connectivity index (χ1) is 17.4. The number of carbonyl (C=O) groups is 2. The minimum Gasteiger partial charge on any atom is -0.478 e. The maximum atomic E-state index is 13.7. The number of fused-ring (bicyclic) bond motifs is 1. The molecule has 0 radical (unpaired) electrons. The first-order valence-corrected chi connectivity index (χ1v) is 13.3. The number of nitrogens with one attached hydrogen (secondary N) is 1. The van der Waals surface area contributed by atoms with Gasteiger partial charge in [0, 0.05) is 44.4 Å². The highest BCUT2D eigenvalue weighted by Crippen LogP contribution is 2.50. The number of benzene rings is 2. The van der Waals surface area contributed by atoms with Gasteiger partial charge in [-0.2, -0.15) is 5.10 Å². The summed E-state index contributed by atoms with van der Waals surface area (Å²) < 4.78 is 2.65. The zero-order chi connectivity index (χ0) is 25.0. The number of hydrogen-bond donors (Lipinski definition) is 2. The lowest BCUT2D eigenvalue weighted by Crippen LogP contribution is -2.30. The molecule has 1 aliphatic carbocycles. The number of thiophene rings is 1. The Bertz CT molecular complexity index is 1540. The van der Waals surface area contributed by atoms with Gasteiger partial charge in [-0.1, -0.05) is 46.3 Å². The second kappa shape index (κ2) is 8.87. The van der Waals surface area contributed by atoms with Gasteiger partial charge in [-0.25, -0.2) is 9.48 Å². The summed E-state index contributed by atoms with van der Waals surface area (Å²) in [4.78, 5) is 26.9. The highest BCUT2D eigenvalue weighted by Gasteiger charge is 2.41. The van der Waals surface area contributed by atoms with Crippen LogP contribution in [0.1, 0.15) is 56.7 Å². The number of para-hydroxylation sites is 1. The van der Waals surface area contributed by atoms with E-state index < -0.39 is 5.97 Å². The Labute approximate surface area is 220 Å². The smallest absolute Gasteiger partial charge is 0.337 e. The first-order valence-electron chi connectivity index (χ1n) is 11.7. The quantitative estimate of drug-likeness (QED) is 0.292. The van der Waals surface area contributed by atoms with Gasteiger partial charge in [0.05, 0.1) is 16.9 Å². The number of rotatable bonds is 4. The fourth-order valence-corrected chi connectivity index (χ4v) is 6.50. The van der Waals surface area contributed by atoms with Crippen LogP contribution in [0.15, 0.2) is 81.8 Å². The van der Waals surface area contributed by atoms with Gasteiger partial charge >= 0.3 is 5.97 Å². The number of anilines is 1. The molecule has 180 valence electrons.